The number of halogens is 2. The van der Waals surface area contributed by atoms with E-state index in [4.69, 9.17) is 22.1 Å². The molecule has 1 fully saturated rings. The number of aliphatic hydroxyl groups excluding tert-OH is 1. The molecule has 1 aromatic carbocycles. The first-order valence-corrected chi connectivity index (χ1v) is 10.8. The molecule has 0 saturated carbocycles. The predicted molar refractivity (Wildman–Crippen MR) is 119 cm³/mol. The van der Waals surface area contributed by atoms with Gasteiger partial charge in [-0.25, -0.2) is 19.3 Å². The van der Waals surface area contributed by atoms with Crippen LogP contribution in [0.15, 0.2) is 41.2 Å². The van der Waals surface area contributed by atoms with Gasteiger partial charge in [-0.15, -0.1) is 9.38 Å². The van der Waals surface area contributed by atoms with Crippen molar-refractivity contribution in [1.82, 2.24) is 19.7 Å². The van der Waals surface area contributed by atoms with Crippen molar-refractivity contribution in [1.29, 1.82) is 0 Å². The van der Waals surface area contributed by atoms with Crippen LogP contribution in [0.3, 0.4) is 0 Å². The minimum absolute atomic E-state index is 0.0250. The predicted octanol–water partition coefficient (Wildman–Crippen LogP) is 2.09. The number of rotatable bonds is 5. The smallest absolute Gasteiger partial charge is 0.390 e. The third-order valence-electron chi connectivity index (χ3n) is 5.64. The van der Waals surface area contributed by atoms with Crippen LogP contribution in [-0.4, -0.2) is 37.6 Å². The summed E-state index contributed by atoms with van der Waals surface area (Å²) in [5.41, 5.74) is 8.64. The van der Waals surface area contributed by atoms with Gasteiger partial charge in [0, 0.05) is 12.2 Å². The molecule has 0 amide bonds. The number of aliphatic hydroxyl groups is 1. The molecular weight excluding hydrogens is 451 g/mol. The second-order valence-electron chi connectivity index (χ2n) is 7.85. The number of hydrogen-bond donors (Lipinski definition) is 3. The van der Waals surface area contributed by atoms with E-state index in [0.717, 1.165) is 12.8 Å². The first kappa shape index (κ1) is 21.5. The molecule has 4 N–H and O–H groups in total. The van der Waals surface area contributed by atoms with Crippen LogP contribution < -0.4 is 15.8 Å². The fourth-order valence-corrected chi connectivity index (χ4v) is 4.36. The van der Waals surface area contributed by atoms with E-state index in [1.807, 2.05) is 0 Å². The van der Waals surface area contributed by atoms with Crippen LogP contribution >= 0.6 is 11.6 Å². The summed E-state index contributed by atoms with van der Waals surface area (Å²) in [6.07, 6.45) is 1.71. The van der Waals surface area contributed by atoms with Crippen LogP contribution in [0.4, 0.5) is 10.3 Å². The number of hydrogen-bond acceptors (Lipinski definition) is 6. The number of aromatic nitrogens is 5. The van der Waals surface area contributed by atoms with Crippen molar-refractivity contribution >= 4 is 23.2 Å². The summed E-state index contributed by atoms with van der Waals surface area (Å²) in [6.45, 7) is 0.675. The van der Waals surface area contributed by atoms with Crippen molar-refractivity contribution in [3.63, 3.8) is 0 Å². The van der Waals surface area contributed by atoms with E-state index < -0.39 is 5.82 Å². The van der Waals surface area contributed by atoms with Gasteiger partial charge in [0.2, 0.25) is 5.65 Å². The van der Waals surface area contributed by atoms with Gasteiger partial charge in [0.15, 0.2) is 0 Å². The SMILES string of the molecule is Nc1nc(-c2ccc(F)cc2)c(-c2cc(Cl)nc(CO)c2)c2[nH]n(C[C@H]3CCCO3)c(=O)[n+]12. The van der Waals surface area contributed by atoms with Crippen molar-refractivity contribution in [3.8, 4) is 22.4 Å². The Bertz CT molecular complexity index is 1400. The molecule has 33 heavy (non-hydrogen) atoms. The molecule has 0 aliphatic carbocycles. The number of aromatic amines is 1. The van der Waals surface area contributed by atoms with E-state index in [1.54, 1.807) is 24.3 Å². The molecule has 0 bridgehead atoms. The normalized spacial score (nSPS) is 16.0. The summed E-state index contributed by atoms with van der Waals surface area (Å²) in [6, 6.07) is 9.05. The summed E-state index contributed by atoms with van der Waals surface area (Å²) in [5, 5.41) is 12.9. The molecule has 0 unspecified atom stereocenters. The Balaban J connectivity index is 1.80. The molecule has 1 aliphatic heterocycles. The van der Waals surface area contributed by atoms with E-state index in [1.165, 1.54) is 21.2 Å². The van der Waals surface area contributed by atoms with E-state index in [0.29, 0.717) is 46.9 Å². The minimum atomic E-state index is -0.394. The number of ether oxygens (including phenoxy) is 1. The number of nitrogen functional groups attached to an aromatic ring is 1. The second kappa shape index (κ2) is 8.54. The average Bonchev–Trinajstić information content (AvgIpc) is 3.42. The Morgan fingerprint density at radius 2 is 2.06 bits per heavy atom. The van der Waals surface area contributed by atoms with Gasteiger partial charge >= 0.3 is 11.6 Å². The van der Waals surface area contributed by atoms with E-state index >= 15 is 0 Å². The van der Waals surface area contributed by atoms with Crippen molar-refractivity contribution in [2.45, 2.75) is 32.1 Å². The molecule has 9 nitrogen and oxygen atoms in total. The lowest BCUT2D eigenvalue weighted by Crippen LogP contribution is -2.45. The zero-order chi connectivity index (χ0) is 23.1. The Kier molecular flexibility index (Phi) is 5.57. The van der Waals surface area contributed by atoms with Gasteiger partial charge in [-0.1, -0.05) is 11.6 Å². The lowest BCUT2D eigenvalue weighted by molar-refractivity contribution is -0.516. The number of benzene rings is 1. The maximum absolute atomic E-state index is 13.6. The summed E-state index contributed by atoms with van der Waals surface area (Å²) in [7, 11) is 0. The van der Waals surface area contributed by atoms with Gasteiger partial charge in [-0.3, -0.25) is 0 Å². The molecule has 11 heteroatoms. The van der Waals surface area contributed by atoms with Gasteiger partial charge in [0.05, 0.1) is 24.0 Å². The molecule has 4 heterocycles. The quantitative estimate of drug-likeness (QED) is 0.302. The molecule has 170 valence electrons. The van der Waals surface area contributed by atoms with Crippen molar-refractivity contribution < 1.29 is 18.6 Å². The third-order valence-corrected chi connectivity index (χ3v) is 5.84. The number of nitrogens with two attached hydrogens (primary N) is 1. The number of nitrogens with one attached hydrogen (secondary N) is 1. The number of nitrogens with zero attached hydrogens (tertiary/aromatic N) is 4. The first-order chi connectivity index (χ1) is 15.9. The molecule has 0 spiro atoms. The lowest BCUT2D eigenvalue weighted by Gasteiger charge is -2.10. The maximum atomic E-state index is 13.6. The van der Waals surface area contributed by atoms with Crippen molar-refractivity contribution in [3.05, 3.63) is 63.5 Å². The monoisotopic (exact) mass is 471 g/mol. The number of fused-ring (bicyclic) bond motifs is 1. The van der Waals surface area contributed by atoms with Gasteiger partial charge < -0.3 is 15.6 Å². The number of H-pyrrole nitrogens is 1. The zero-order valence-electron chi connectivity index (χ0n) is 17.5. The largest absolute Gasteiger partial charge is 0.428 e. The van der Waals surface area contributed by atoms with E-state index in [2.05, 4.69) is 15.1 Å². The molecule has 0 radical (unpaired) electrons. The molecule has 5 rings (SSSR count). The average molecular weight is 472 g/mol. The Hall–Kier alpha value is -3.34. The fourth-order valence-electron chi connectivity index (χ4n) is 4.14. The van der Waals surface area contributed by atoms with Gasteiger partial charge in [-0.05, 0) is 54.8 Å². The Labute approximate surface area is 192 Å². The summed E-state index contributed by atoms with van der Waals surface area (Å²) in [4.78, 5) is 21.8. The Morgan fingerprint density at radius 1 is 1.27 bits per heavy atom. The van der Waals surface area contributed by atoms with Crippen molar-refractivity contribution in [2.75, 3.05) is 12.3 Å². The molecule has 1 atom stereocenters. The molecule has 4 aromatic rings. The fraction of sp³-hybridized carbons (Fsp3) is 0.273. The van der Waals surface area contributed by atoms with Crippen molar-refractivity contribution in [2.24, 2.45) is 0 Å². The van der Waals surface area contributed by atoms with Gasteiger partial charge in [0.1, 0.15) is 23.2 Å². The zero-order valence-corrected chi connectivity index (χ0v) is 18.2. The molecule has 1 aliphatic rings. The highest BCUT2D eigenvalue weighted by Gasteiger charge is 2.28. The number of anilines is 1. The topological polar surface area (TPSA) is 123 Å². The number of pyridine rings is 1. The van der Waals surface area contributed by atoms with Crippen LogP contribution in [0.1, 0.15) is 18.5 Å². The van der Waals surface area contributed by atoms with Crippen LogP contribution in [0.2, 0.25) is 5.15 Å². The third kappa shape index (κ3) is 3.97. The van der Waals surface area contributed by atoms with Crippen LogP contribution in [0, 0.1) is 5.82 Å². The maximum Gasteiger partial charge on any atom is 0.428 e. The Morgan fingerprint density at radius 3 is 2.76 bits per heavy atom. The minimum Gasteiger partial charge on any atom is -0.390 e. The summed E-state index contributed by atoms with van der Waals surface area (Å²) >= 11 is 6.21. The second-order valence-corrected chi connectivity index (χ2v) is 8.24. The highest BCUT2D eigenvalue weighted by Crippen LogP contribution is 2.34. The molecular formula is C22H21ClFN6O3+. The van der Waals surface area contributed by atoms with Crippen LogP contribution in [-0.2, 0) is 17.9 Å². The van der Waals surface area contributed by atoms with E-state index in [-0.39, 0.29) is 29.5 Å². The first-order valence-electron chi connectivity index (χ1n) is 10.4. The van der Waals surface area contributed by atoms with Gasteiger partial charge in [-0.2, -0.15) is 4.68 Å². The standard InChI is InChI=1S/C22H20ClFN6O3/c23-17-9-13(8-15(11-31)26-17)18-19(12-3-5-14(24)6-4-12)27-21(25)30-20(18)28-29(22(30)32)10-16-2-1-7-33-16/h3-6,8-9,16,31H,1-2,7,10-11H2,(H2,25,26,27,28)/p+1/t16-/m1/s1. The lowest BCUT2D eigenvalue weighted by atomic mass is 10.00. The summed E-state index contributed by atoms with van der Waals surface area (Å²) < 4.78 is 22.0. The van der Waals surface area contributed by atoms with Crippen LogP contribution in [0.25, 0.3) is 28.0 Å². The highest BCUT2D eigenvalue weighted by molar-refractivity contribution is 6.29. The highest BCUT2D eigenvalue weighted by atomic mass is 35.5. The van der Waals surface area contributed by atoms with Gasteiger partial charge in [0.25, 0.3) is 0 Å². The van der Waals surface area contributed by atoms with E-state index in [9.17, 15) is 14.3 Å². The molecule has 1 saturated heterocycles. The van der Waals surface area contributed by atoms with Crippen LogP contribution in [0.5, 0.6) is 0 Å². The molecule has 3 aromatic heterocycles. The summed E-state index contributed by atoms with van der Waals surface area (Å²) in [5.74, 6) is -0.419.